The molecule has 0 aliphatic heterocycles. The SMILES string of the molecule is COC1=C(c2cc(=S)[nH]c(=S)n2CCCN)C=C(C)CC1. The van der Waals surface area contributed by atoms with E-state index in [1.54, 1.807) is 7.11 Å². The maximum atomic E-state index is 5.63. The Bertz CT molecular complexity index is 698. The van der Waals surface area contributed by atoms with Crippen LogP contribution in [0.3, 0.4) is 0 Å². The van der Waals surface area contributed by atoms with Gasteiger partial charge in [0.2, 0.25) is 0 Å². The Labute approximate surface area is 135 Å². The van der Waals surface area contributed by atoms with Crippen LogP contribution in [-0.2, 0) is 11.3 Å². The normalized spacial score (nSPS) is 15.1. The zero-order valence-corrected chi connectivity index (χ0v) is 14.1. The minimum absolute atomic E-state index is 0.627. The number of aromatic amines is 1. The van der Waals surface area contributed by atoms with E-state index in [0.717, 1.165) is 42.8 Å². The molecule has 0 radical (unpaired) electrons. The van der Waals surface area contributed by atoms with Crippen LogP contribution in [0.5, 0.6) is 0 Å². The Kier molecular flexibility index (Phi) is 5.50. The van der Waals surface area contributed by atoms with Crippen LogP contribution in [0.15, 0.2) is 23.5 Å². The molecule has 4 nitrogen and oxygen atoms in total. The maximum Gasteiger partial charge on any atom is 0.178 e. The van der Waals surface area contributed by atoms with Crippen molar-refractivity contribution in [3.8, 4) is 0 Å². The summed E-state index contributed by atoms with van der Waals surface area (Å²) >= 11 is 10.7. The van der Waals surface area contributed by atoms with Crippen LogP contribution in [0.25, 0.3) is 5.57 Å². The predicted molar refractivity (Wildman–Crippen MR) is 91.0 cm³/mol. The molecule has 0 aromatic carbocycles. The Balaban J connectivity index is 2.64. The van der Waals surface area contributed by atoms with Gasteiger partial charge in [-0.05, 0) is 44.6 Å². The molecule has 21 heavy (non-hydrogen) atoms. The van der Waals surface area contributed by atoms with Gasteiger partial charge in [0.25, 0.3) is 0 Å². The number of methoxy groups -OCH3 is 1. The largest absolute Gasteiger partial charge is 0.500 e. The third kappa shape index (κ3) is 3.70. The van der Waals surface area contributed by atoms with Crippen LogP contribution >= 0.6 is 24.4 Å². The van der Waals surface area contributed by atoms with Crippen LogP contribution in [0.4, 0.5) is 0 Å². The molecule has 1 aromatic heterocycles. The molecule has 1 aromatic rings. The van der Waals surface area contributed by atoms with Gasteiger partial charge >= 0.3 is 0 Å². The van der Waals surface area contributed by atoms with E-state index >= 15 is 0 Å². The maximum absolute atomic E-state index is 5.63. The second-order valence-electron chi connectivity index (χ2n) is 5.15. The van der Waals surface area contributed by atoms with Crippen molar-refractivity contribution in [2.75, 3.05) is 13.7 Å². The summed E-state index contributed by atoms with van der Waals surface area (Å²) in [5.74, 6) is 0.983. The average molecular weight is 323 g/mol. The van der Waals surface area contributed by atoms with E-state index in [4.69, 9.17) is 34.9 Å². The van der Waals surface area contributed by atoms with Crippen LogP contribution in [0.1, 0.15) is 31.9 Å². The van der Waals surface area contributed by atoms with Crippen molar-refractivity contribution in [1.29, 1.82) is 0 Å². The number of nitrogens with zero attached hydrogens (tertiary/aromatic N) is 1. The summed E-state index contributed by atoms with van der Waals surface area (Å²) in [6.45, 7) is 3.53. The first-order valence-corrected chi connectivity index (χ1v) is 7.87. The van der Waals surface area contributed by atoms with Gasteiger partial charge in [-0.3, -0.25) is 0 Å². The Hall–Kier alpha value is -1.24. The fourth-order valence-corrected chi connectivity index (χ4v) is 3.06. The van der Waals surface area contributed by atoms with Crippen LogP contribution < -0.4 is 5.73 Å². The van der Waals surface area contributed by atoms with Crippen LogP contribution in [-0.4, -0.2) is 23.2 Å². The van der Waals surface area contributed by atoms with E-state index in [1.165, 1.54) is 5.57 Å². The predicted octanol–water partition coefficient (Wildman–Crippen LogP) is 3.72. The molecule has 114 valence electrons. The molecular weight excluding hydrogens is 302 g/mol. The lowest BCUT2D eigenvalue weighted by molar-refractivity contribution is 0.278. The van der Waals surface area contributed by atoms with Gasteiger partial charge < -0.3 is 20.0 Å². The molecule has 1 heterocycles. The lowest BCUT2D eigenvalue weighted by atomic mass is 9.96. The van der Waals surface area contributed by atoms with Crippen molar-refractivity contribution in [3.05, 3.63) is 38.6 Å². The van der Waals surface area contributed by atoms with Gasteiger partial charge in [-0.2, -0.15) is 0 Å². The molecular formula is C15H21N3OS2. The number of aromatic nitrogens is 2. The molecule has 1 aliphatic carbocycles. The van der Waals surface area contributed by atoms with E-state index < -0.39 is 0 Å². The number of hydrogen-bond donors (Lipinski definition) is 2. The van der Waals surface area contributed by atoms with Gasteiger partial charge in [0.15, 0.2) is 4.77 Å². The lowest BCUT2D eigenvalue weighted by Gasteiger charge is -2.21. The van der Waals surface area contributed by atoms with Gasteiger partial charge in [0.05, 0.1) is 12.8 Å². The first kappa shape index (κ1) is 16.1. The monoisotopic (exact) mass is 323 g/mol. The second-order valence-corrected chi connectivity index (χ2v) is 5.98. The molecule has 0 spiro atoms. The van der Waals surface area contributed by atoms with Crippen molar-refractivity contribution in [2.24, 2.45) is 5.73 Å². The molecule has 0 amide bonds. The number of hydrogen-bond acceptors (Lipinski definition) is 4. The number of nitrogens with one attached hydrogen (secondary N) is 1. The highest BCUT2D eigenvalue weighted by molar-refractivity contribution is 7.72. The zero-order valence-electron chi connectivity index (χ0n) is 12.4. The number of rotatable bonds is 5. The van der Waals surface area contributed by atoms with Gasteiger partial charge in [-0.25, -0.2) is 0 Å². The summed E-state index contributed by atoms with van der Waals surface area (Å²) in [4.78, 5) is 3.04. The van der Waals surface area contributed by atoms with E-state index in [2.05, 4.69) is 22.6 Å². The number of allylic oxidation sites excluding steroid dienone is 4. The molecule has 0 fully saturated rings. The molecule has 1 aliphatic rings. The van der Waals surface area contributed by atoms with Crippen molar-refractivity contribution in [3.63, 3.8) is 0 Å². The zero-order chi connectivity index (χ0) is 15.4. The molecule has 2 rings (SSSR count). The molecule has 3 N–H and O–H groups in total. The highest BCUT2D eigenvalue weighted by Crippen LogP contribution is 2.31. The van der Waals surface area contributed by atoms with Gasteiger partial charge in [-0.15, -0.1) is 0 Å². The molecule has 0 saturated heterocycles. The van der Waals surface area contributed by atoms with E-state index in [0.29, 0.717) is 16.0 Å². The Morgan fingerprint density at radius 1 is 1.38 bits per heavy atom. The quantitative estimate of drug-likeness (QED) is 0.811. The molecule has 0 unspecified atom stereocenters. The lowest BCUT2D eigenvalue weighted by Crippen LogP contribution is -2.14. The second kappa shape index (κ2) is 7.15. The molecule has 0 saturated carbocycles. The highest BCUT2D eigenvalue weighted by atomic mass is 32.1. The van der Waals surface area contributed by atoms with Crippen molar-refractivity contribution in [2.45, 2.75) is 32.7 Å². The Morgan fingerprint density at radius 2 is 2.14 bits per heavy atom. The summed E-state index contributed by atoms with van der Waals surface area (Å²) < 4.78 is 8.89. The third-order valence-corrected chi connectivity index (χ3v) is 4.12. The topological polar surface area (TPSA) is 56.0 Å². The van der Waals surface area contributed by atoms with Crippen molar-refractivity contribution >= 4 is 30.0 Å². The average Bonchev–Trinajstić information content (AvgIpc) is 2.45. The number of ether oxygens (including phenoxy) is 1. The molecule has 0 atom stereocenters. The van der Waals surface area contributed by atoms with E-state index in [9.17, 15) is 0 Å². The molecule has 6 heteroatoms. The molecule has 0 bridgehead atoms. The number of nitrogens with two attached hydrogens (primary N) is 1. The minimum atomic E-state index is 0.627. The van der Waals surface area contributed by atoms with Crippen molar-refractivity contribution in [1.82, 2.24) is 9.55 Å². The van der Waals surface area contributed by atoms with Crippen LogP contribution in [0.2, 0.25) is 0 Å². The minimum Gasteiger partial charge on any atom is -0.500 e. The standard InChI is InChI=1S/C15H21N3OS2/c1-10-4-5-13(19-2)11(8-10)12-9-14(20)17-15(21)18(12)7-3-6-16/h8-9H,3-7,16H2,1-2H3,(H,17,20,21). The summed E-state index contributed by atoms with van der Waals surface area (Å²) in [5.41, 5.74) is 9.05. The van der Waals surface area contributed by atoms with Gasteiger partial charge in [-0.1, -0.05) is 23.9 Å². The summed E-state index contributed by atoms with van der Waals surface area (Å²) in [5, 5.41) is 0. The number of H-pyrrole nitrogens is 1. The highest BCUT2D eigenvalue weighted by Gasteiger charge is 2.17. The Morgan fingerprint density at radius 3 is 2.81 bits per heavy atom. The van der Waals surface area contributed by atoms with Crippen LogP contribution in [0, 0.1) is 9.41 Å². The van der Waals surface area contributed by atoms with Gasteiger partial charge in [0, 0.05) is 18.5 Å². The fraction of sp³-hybridized carbons (Fsp3) is 0.467. The summed E-state index contributed by atoms with van der Waals surface area (Å²) in [6.07, 6.45) is 4.96. The summed E-state index contributed by atoms with van der Waals surface area (Å²) in [6, 6.07) is 1.95. The van der Waals surface area contributed by atoms with E-state index in [1.807, 2.05) is 6.07 Å². The van der Waals surface area contributed by atoms with Gasteiger partial charge in [0.1, 0.15) is 10.4 Å². The smallest absolute Gasteiger partial charge is 0.178 e. The third-order valence-electron chi connectivity index (χ3n) is 3.58. The van der Waals surface area contributed by atoms with E-state index in [-0.39, 0.29) is 0 Å². The van der Waals surface area contributed by atoms with Crippen molar-refractivity contribution < 1.29 is 4.74 Å². The first-order chi connectivity index (χ1) is 10.1. The first-order valence-electron chi connectivity index (χ1n) is 7.05. The summed E-state index contributed by atoms with van der Waals surface area (Å²) in [7, 11) is 1.71. The fourth-order valence-electron chi connectivity index (χ4n) is 2.49.